The normalized spacial score (nSPS) is 11.1. The van der Waals surface area contributed by atoms with E-state index in [-0.39, 0.29) is 11.7 Å². The monoisotopic (exact) mass is 356 g/mol. The number of fused-ring (bicyclic) bond motifs is 1. The van der Waals surface area contributed by atoms with Gasteiger partial charge in [0.2, 0.25) is 11.8 Å². The Hall–Kier alpha value is -3.86. The third kappa shape index (κ3) is 3.72. The van der Waals surface area contributed by atoms with Crippen LogP contribution in [-0.4, -0.2) is 16.0 Å². The van der Waals surface area contributed by atoms with E-state index < -0.39 is 0 Å². The fraction of sp³-hybridized carbons (Fsp3) is 0. The number of aromatic nitrogens is 1. The molecule has 4 aromatic rings. The van der Waals surface area contributed by atoms with Crippen LogP contribution in [0.1, 0.15) is 5.56 Å². The molecule has 2 N–H and O–H groups in total. The van der Waals surface area contributed by atoms with Gasteiger partial charge in [-0.2, -0.15) is 0 Å². The zero-order valence-electron chi connectivity index (χ0n) is 14.3. The van der Waals surface area contributed by atoms with E-state index in [1.165, 1.54) is 12.1 Å². The summed E-state index contributed by atoms with van der Waals surface area (Å²) in [5.74, 6) is 0.0528. The Labute approximate surface area is 155 Å². The number of oxazole rings is 1. The van der Waals surface area contributed by atoms with Crippen LogP contribution < -0.4 is 5.32 Å². The van der Waals surface area contributed by atoms with Crippen molar-refractivity contribution in [2.24, 2.45) is 0 Å². The van der Waals surface area contributed by atoms with Crippen LogP contribution in [0.5, 0.6) is 5.75 Å². The fourth-order valence-electron chi connectivity index (χ4n) is 2.69. The van der Waals surface area contributed by atoms with Gasteiger partial charge >= 0.3 is 0 Å². The average Bonchev–Trinajstić information content (AvgIpc) is 3.13. The standard InChI is InChI=1S/C22H16N2O3/c25-19-12-11-16(23-21(26)13-10-15-6-2-1-3-7-15)14-17(19)22-24-18-8-4-5-9-20(18)27-22/h1-14,25H,(H,23,26)/b13-10+. The summed E-state index contributed by atoms with van der Waals surface area (Å²) in [7, 11) is 0. The van der Waals surface area contributed by atoms with Gasteiger partial charge in [0.25, 0.3) is 0 Å². The molecule has 1 aromatic heterocycles. The third-order valence-electron chi connectivity index (χ3n) is 4.02. The van der Waals surface area contributed by atoms with E-state index in [9.17, 15) is 9.90 Å². The van der Waals surface area contributed by atoms with Crippen molar-refractivity contribution in [3.8, 4) is 17.2 Å². The van der Waals surface area contributed by atoms with Gasteiger partial charge in [0.15, 0.2) is 5.58 Å². The lowest BCUT2D eigenvalue weighted by molar-refractivity contribution is -0.111. The van der Waals surface area contributed by atoms with Crippen molar-refractivity contribution in [1.29, 1.82) is 0 Å². The van der Waals surface area contributed by atoms with Crippen molar-refractivity contribution < 1.29 is 14.3 Å². The number of hydrogen-bond donors (Lipinski definition) is 2. The second kappa shape index (κ2) is 7.17. The topological polar surface area (TPSA) is 75.4 Å². The highest BCUT2D eigenvalue weighted by atomic mass is 16.3. The zero-order chi connectivity index (χ0) is 18.6. The summed E-state index contributed by atoms with van der Waals surface area (Å²) < 4.78 is 5.70. The Kier molecular flexibility index (Phi) is 4.41. The molecule has 1 amide bonds. The second-order valence-electron chi connectivity index (χ2n) is 5.95. The molecule has 0 atom stereocenters. The number of carbonyl (C=O) groups excluding carboxylic acids is 1. The number of aromatic hydroxyl groups is 1. The first-order chi connectivity index (χ1) is 13.2. The fourth-order valence-corrected chi connectivity index (χ4v) is 2.69. The quantitative estimate of drug-likeness (QED) is 0.405. The van der Waals surface area contributed by atoms with Crippen LogP contribution in [0.25, 0.3) is 28.6 Å². The summed E-state index contributed by atoms with van der Waals surface area (Å²) in [5.41, 5.74) is 3.22. The first-order valence-corrected chi connectivity index (χ1v) is 8.42. The molecule has 0 spiro atoms. The van der Waals surface area contributed by atoms with Crippen LogP contribution in [0.3, 0.4) is 0 Å². The molecular weight excluding hydrogens is 340 g/mol. The van der Waals surface area contributed by atoms with Crippen LogP contribution in [0.2, 0.25) is 0 Å². The molecule has 0 radical (unpaired) electrons. The average molecular weight is 356 g/mol. The van der Waals surface area contributed by atoms with Gasteiger partial charge in [-0.05, 0) is 42.0 Å². The number of rotatable bonds is 4. The maximum Gasteiger partial charge on any atom is 0.248 e. The second-order valence-corrected chi connectivity index (χ2v) is 5.95. The largest absolute Gasteiger partial charge is 0.507 e. The molecule has 0 unspecified atom stereocenters. The maximum atomic E-state index is 12.2. The van der Waals surface area contributed by atoms with Gasteiger partial charge in [0, 0.05) is 11.8 Å². The third-order valence-corrected chi connectivity index (χ3v) is 4.02. The number of hydrogen-bond acceptors (Lipinski definition) is 4. The number of amides is 1. The molecule has 0 fully saturated rings. The van der Waals surface area contributed by atoms with E-state index in [1.807, 2.05) is 54.6 Å². The Bertz CT molecular complexity index is 1100. The predicted octanol–water partition coefficient (Wildman–Crippen LogP) is 4.85. The molecule has 5 heteroatoms. The lowest BCUT2D eigenvalue weighted by Crippen LogP contribution is -2.07. The lowest BCUT2D eigenvalue weighted by Gasteiger charge is -2.06. The summed E-state index contributed by atoms with van der Waals surface area (Å²) in [6, 6.07) is 21.7. The molecule has 132 valence electrons. The summed E-state index contributed by atoms with van der Waals surface area (Å²) in [4.78, 5) is 16.5. The number of anilines is 1. The number of phenolic OH excluding ortho intramolecular Hbond substituents is 1. The minimum absolute atomic E-state index is 0.0272. The molecule has 0 aliphatic heterocycles. The van der Waals surface area contributed by atoms with Gasteiger partial charge in [0.05, 0.1) is 5.56 Å². The van der Waals surface area contributed by atoms with Crippen molar-refractivity contribution in [3.63, 3.8) is 0 Å². The molecule has 0 saturated carbocycles. The van der Waals surface area contributed by atoms with E-state index in [1.54, 1.807) is 18.2 Å². The molecule has 0 aliphatic carbocycles. The molecular formula is C22H16N2O3. The van der Waals surface area contributed by atoms with Gasteiger partial charge in [0.1, 0.15) is 11.3 Å². The molecule has 0 saturated heterocycles. The van der Waals surface area contributed by atoms with E-state index in [4.69, 9.17) is 4.42 Å². The highest BCUT2D eigenvalue weighted by molar-refractivity contribution is 6.02. The van der Waals surface area contributed by atoms with Gasteiger partial charge in [-0.1, -0.05) is 42.5 Å². The Morgan fingerprint density at radius 1 is 1.00 bits per heavy atom. The summed E-state index contributed by atoms with van der Waals surface area (Å²) in [5, 5.41) is 13.0. The van der Waals surface area contributed by atoms with Crippen LogP contribution in [0.4, 0.5) is 5.69 Å². The van der Waals surface area contributed by atoms with Gasteiger partial charge < -0.3 is 14.8 Å². The highest BCUT2D eigenvalue weighted by Crippen LogP contribution is 2.33. The highest BCUT2D eigenvalue weighted by Gasteiger charge is 2.13. The number of phenols is 1. The number of nitrogens with zero attached hydrogens (tertiary/aromatic N) is 1. The number of benzene rings is 3. The maximum absolute atomic E-state index is 12.2. The molecule has 4 rings (SSSR count). The summed E-state index contributed by atoms with van der Waals surface area (Å²) in [6.07, 6.45) is 3.19. The van der Waals surface area contributed by atoms with Gasteiger partial charge in [-0.15, -0.1) is 0 Å². The summed E-state index contributed by atoms with van der Waals surface area (Å²) in [6.45, 7) is 0. The number of carbonyl (C=O) groups is 1. The van der Waals surface area contributed by atoms with E-state index in [0.717, 1.165) is 5.56 Å². The number of nitrogens with one attached hydrogen (secondary N) is 1. The van der Waals surface area contributed by atoms with Crippen molar-refractivity contribution in [2.75, 3.05) is 5.32 Å². The van der Waals surface area contributed by atoms with Gasteiger partial charge in [-0.3, -0.25) is 4.79 Å². The zero-order valence-corrected chi connectivity index (χ0v) is 14.3. The van der Waals surface area contributed by atoms with Crippen molar-refractivity contribution >= 4 is 28.8 Å². The predicted molar refractivity (Wildman–Crippen MR) is 105 cm³/mol. The van der Waals surface area contributed by atoms with E-state index in [2.05, 4.69) is 10.3 Å². The minimum atomic E-state index is -0.270. The molecule has 3 aromatic carbocycles. The lowest BCUT2D eigenvalue weighted by atomic mass is 10.1. The van der Waals surface area contributed by atoms with Crippen LogP contribution in [0, 0.1) is 0 Å². The Morgan fingerprint density at radius 3 is 2.59 bits per heavy atom. The van der Waals surface area contributed by atoms with E-state index >= 15 is 0 Å². The van der Waals surface area contributed by atoms with Crippen LogP contribution >= 0.6 is 0 Å². The van der Waals surface area contributed by atoms with Crippen molar-refractivity contribution in [2.45, 2.75) is 0 Å². The summed E-state index contributed by atoms with van der Waals surface area (Å²) >= 11 is 0. The molecule has 1 heterocycles. The van der Waals surface area contributed by atoms with Crippen LogP contribution in [0.15, 0.2) is 83.3 Å². The van der Waals surface area contributed by atoms with Crippen molar-refractivity contribution in [3.05, 3.63) is 84.4 Å². The Morgan fingerprint density at radius 2 is 1.78 bits per heavy atom. The molecule has 5 nitrogen and oxygen atoms in total. The van der Waals surface area contributed by atoms with E-state index in [0.29, 0.717) is 28.2 Å². The Balaban J connectivity index is 1.57. The first kappa shape index (κ1) is 16.6. The smallest absolute Gasteiger partial charge is 0.248 e. The van der Waals surface area contributed by atoms with Crippen LogP contribution in [-0.2, 0) is 4.79 Å². The minimum Gasteiger partial charge on any atom is -0.507 e. The van der Waals surface area contributed by atoms with Gasteiger partial charge in [-0.25, -0.2) is 4.98 Å². The SMILES string of the molecule is O=C(/C=C/c1ccccc1)Nc1ccc(O)c(-c2nc3ccccc3o2)c1. The van der Waals surface area contributed by atoms with Crippen molar-refractivity contribution in [1.82, 2.24) is 4.98 Å². The molecule has 0 aliphatic rings. The number of para-hydroxylation sites is 2. The molecule has 27 heavy (non-hydrogen) atoms. The molecule has 0 bridgehead atoms. The first-order valence-electron chi connectivity index (χ1n) is 8.42.